The Hall–Kier alpha value is -2.52. The van der Waals surface area contributed by atoms with Crippen LogP contribution < -0.4 is 16.0 Å². The molecule has 0 aliphatic heterocycles. The molecule has 0 aromatic heterocycles. The average molecular weight is 446 g/mol. The molecule has 0 aromatic carbocycles. The third kappa shape index (κ3) is 14.2. The van der Waals surface area contributed by atoms with Crippen LogP contribution in [0, 0.1) is 5.92 Å². The van der Waals surface area contributed by atoms with Crippen molar-refractivity contribution in [2.24, 2.45) is 5.92 Å². The van der Waals surface area contributed by atoms with Gasteiger partial charge in [-0.3, -0.25) is 4.79 Å². The van der Waals surface area contributed by atoms with Gasteiger partial charge >= 0.3 is 18.2 Å². The summed E-state index contributed by atoms with van der Waals surface area (Å²) in [6.45, 7) is 12.7. The van der Waals surface area contributed by atoms with Crippen LogP contribution in [0.15, 0.2) is 0 Å². The SMILES string of the molecule is CCC(C)OC(=O)NCCC[C@H](NC(=O)OC(C)(C)C)C(=O)N[C@H](CC(C)C)C(=O)O. The number of carbonyl (C=O) groups excluding carboxylic acids is 3. The first-order valence-electron chi connectivity index (χ1n) is 10.7. The molecule has 0 rings (SSSR count). The van der Waals surface area contributed by atoms with Gasteiger partial charge < -0.3 is 30.5 Å². The van der Waals surface area contributed by atoms with Crippen molar-refractivity contribution in [3.63, 3.8) is 0 Å². The molecule has 3 amide bonds. The van der Waals surface area contributed by atoms with E-state index in [9.17, 15) is 24.3 Å². The molecule has 1 unspecified atom stereocenters. The lowest BCUT2D eigenvalue weighted by molar-refractivity contribution is -0.142. The summed E-state index contributed by atoms with van der Waals surface area (Å²) in [6, 6.07) is -2.09. The molecule has 4 N–H and O–H groups in total. The molecule has 31 heavy (non-hydrogen) atoms. The number of alkyl carbamates (subject to hydrolysis) is 2. The van der Waals surface area contributed by atoms with Crippen molar-refractivity contribution in [3.8, 4) is 0 Å². The van der Waals surface area contributed by atoms with Crippen LogP contribution >= 0.6 is 0 Å². The fourth-order valence-electron chi connectivity index (χ4n) is 2.49. The van der Waals surface area contributed by atoms with Gasteiger partial charge in [-0.2, -0.15) is 0 Å². The topological polar surface area (TPSA) is 143 Å². The van der Waals surface area contributed by atoms with Gasteiger partial charge in [-0.05, 0) is 59.3 Å². The van der Waals surface area contributed by atoms with E-state index >= 15 is 0 Å². The molecule has 0 fully saturated rings. The van der Waals surface area contributed by atoms with Crippen LogP contribution in [0.1, 0.15) is 74.1 Å². The van der Waals surface area contributed by atoms with E-state index in [0.29, 0.717) is 12.8 Å². The molecule has 180 valence electrons. The number of rotatable bonds is 12. The first-order valence-corrected chi connectivity index (χ1v) is 10.7. The maximum absolute atomic E-state index is 12.7. The van der Waals surface area contributed by atoms with E-state index in [1.165, 1.54) is 0 Å². The van der Waals surface area contributed by atoms with Crippen molar-refractivity contribution in [3.05, 3.63) is 0 Å². The highest BCUT2D eigenvalue weighted by atomic mass is 16.6. The van der Waals surface area contributed by atoms with Gasteiger partial charge in [0.05, 0.1) is 0 Å². The van der Waals surface area contributed by atoms with Gasteiger partial charge in [0.1, 0.15) is 23.8 Å². The minimum Gasteiger partial charge on any atom is -0.480 e. The Kier molecular flexibility index (Phi) is 12.6. The lowest BCUT2D eigenvalue weighted by Crippen LogP contribution is -2.52. The lowest BCUT2D eigenvalue weighted by atomic mass is 10.0. The monoisotopic (exact) mass is 445 g/mol. The maximum Gasteiger partial charge on any atom is 0.408 e. The van der Waals surface area contributed by atoms with Gasteiger partial charge in [0.15, 0.2) is 0 Å². The van der Waals surface area contributed by atoms with Crippen LogP contribution in [0.2, 0.25) is 0 Å². The van der Waals surface area contributed by atoms with Gasteiger partial charge in [0.25, 0.3) is 0 Å². The van der Waals surface area contributed by atoms with Gasteiger partial charge in [-0.15, -0.1) is 0 Å². The highest BCUT2D eigenvalue weighted by Crippen LogP contribution is 2.09. The number of hydrogen-bond donors (Lipinski definition) is 4. The summed E-state index contributed by atoms with van der Waals surface area (Å²) in [5, 5.41) is 16.9. The number of hydrogen-bond acceptors (Lipinski definition) is 6. The summed E-state index contributed by atoms with van der Waals surface area (Å²) < 4.78 is 10.3. The molecular formula is C21H39N3O7. The van der Waals surface area contributed by atoms with Crippen molar-refractivity contribution >= 4 is 24.1 Å². The van der Waals surface area contributed by atoms with E-state index in [4.69, 9.17) is 9.47 Å². The first-order chi connectivity index (χ1) is 14.2. The summed E-state index contributed by atoms with van der Waals surface area (Å²) >= 11 is 0. The lowest BCUT2D eigenvalue weighted by Gasteiger charge is -2.25. The maximum atomic E-state index is 12.7. The number of carboxylic acids is 1. The summed E-state index contributed by atoms with van der Waals surface area (Å²) in [4.78, 5) is 48.0. The smallest absolute Gasteiger partial charge is 0.408 e. The fourth-order valence-corrected chi connectivity index (χ4v) is 2.49. The van der Waals surface area contributed by atoms with E-state index in [0.717, 1.165) is 0 Å². The van der Waals surface area contributed by atoms with Gasteiger partial charge in [0, 0.05) is 6.54 Å². The molecule has 0 aliphatic carbocycles. The number of amides is 3. The van der Waals surface area contributed by atoms with Crippen LogP contribution in [0.4, 0.5) is 9.59 Å². The van der Waals surface area contributed by atoms with Gasteiger partial charge in [-0.25, -0.2) is 14.4 Å². The van der Waals surface area contributed by atoms with Crippen LogP contribution in [-0.4, -0.2) is 59.5 Å². The van der Waals surface area contributed by atoms with Crippen molar-refractivity contribution in [2.75, 3.05) is 6.54 Å². The molecule has 0 radical (unpaired) electrons. The highest BCUT2D eigenvalue weighted by molar-refractivity contribution is 5.89. The molecule has 0 aliphatic rings. The summed E-state index contributed by atoms with van der Waals surface area (Å²) in [5.41, 5.74) is -0.756. The molecule has 3 atom stereocenters. The number of aliphatic carboxylic acids is 1. The summed E-state index contributed by atoms with van der Waals surface area (Å²) in [7, 11) is 0. The summed E-state index contributed by atoms with van der Waals surface area (Å²) in [5.74, 6) is -1.71. The number of carbonyl (C=O) groups is 4. The Morgan fingerprint density at radius 1 is 0.968 bits per heavy atom. The van der Waals surface area contributed by atoms with Gasteiger partial charge in [0.2, 0.25) is 5.91 Å². The fraction of sp³-hybridized carbons (Fsp3) is 0.810. The molecule has 0 saturated carbocycles. The van der Waals surface area contributed by atoms with Crippen molar-refractivity contribution in [2.45, 2.75) is 97.9 Å². The van der Waals surface area contributed by atoms with Crippen molar-refractivity contribution in [1.29, 1.82) is 0 Å². The Morgan fingerprint density at radius 3 is 2.06 bits per heavy atom. The third-order valence-electron chi connectivity index (χ3n) is 4.15. The van der Waals surface area contributed by atoms with Crippen molar-refractivity contribution < 1.29 is 33.8 Å². The van der Waals surface area contributed by atoms with Crippen LogP contribution in [-0.2, 0) is 19.1 Å². The van der Waals surface area contributed by atoms with E-state index in [-0.39, 0.29) is 31.4 Å². The number of carboxylic acid groups (broad SMARTS) is 1. The second kappa shape index (κ2) is 13.7. The summed E-state index contributed by atoms with van der Waals surface area (Å²) in [6.07, 6.45) is -0.0827. The van der Waals surface area contributed by atoms with Gasteiger partial charge in [-0.1, -0.05) is 20.8 Å². The molecule has 0 heterocycles. The Morgan fingerprint density at radius 2 is 1.58 bits per heavy atom. The Labute approximate surface area is 184 Å². The van der Waals surface area contributed by atoms with E-state index in [2.05, 4.69) is 16.0 Å². The number of nitrogens with one attached hydrogen (secondary N) is 3. The predicted octanol–water partition coefficient (Wildman–Crippen LogP) is 2.80. The quantitative estimate of drug-likeness (QED) is 0.338. The van der Waals surface area contributed by atoms with E-state index in [1.54, 1.807) is 27.7 Å². The first kappa shape index (κ1) is 28.5. The van der Waals surface area contributed by atoms with Crippen LogP contribution in [0.5, 0.6) is 0 Å². The standard InChI is InChI=1S/C21H39N3O7/c1-8-14(4)30-19(28)22-11-9-10-15(24-20(29)31-21(5,6)7)17(25)23-16(18(26)27)12-13(2)3/h13-16H,8-12H2,1-7H3,(H,22,28)(H,23,25)(H,24,29)(H,26,27)/t14?,15-,16+/m0/s1. The largest absolute Gasteiger partial charge is 0.480 e. The highest BCUT2D eigenvalue weighted by Gasteiger charge is 2.28. The Bertz CT molecular complexity index is 602. The second-order valence-electron chi connectivity index (χ2n) is 8.92. The Balaban J connectivity index is 4.98. The molecular weight excluding hydrogens is 406 g/mol. The zero-order chi connectivity index (χ0) is 24.2. The molecule has 0 aromatic rings. The number of ether oxygens (including phenoxy) is 2. The van der Waals surface area contributed by atoms with Crippen LogP contribution in [0.3, 0.4) is 0 Å². The predicted molar refractivity (Wildman–Crippen MR) is 116 cm³/mol. The second-order valence-corrected chi connectivity index (χ2v) is 8.92. The van der Waals surface area contributed by atoms with Crippen molar-refractivity contribution in [1.82, 2.24) is 16.0 Å². The molecule has 0 saturated heterocycles. The zero-order valence-electron chi connectivity index (χ0n) is 19.7. The van der Waals surface area contributed by atoms with E-state index < -0.39 is 41.7 Å². The molecule has 10 nitrogen and oxygen atoms in total. The average Bonchev–Trinajstić information content (AvgIpc) is 2.61. The third-order valence-corrected chi connectivity index (χ3v) is 4.15. The molecule has 0 spiro atoms. The zero-order valence-corrected chi connectivity index (χ0v) is 19.7. The molecule has 10 heteroatoms. The van der Waals surface area contributed by atoms with E-state index in [1.807, 2.05) is 20.8 Å². The minimum atomic E-state index is -1.15. The van der Waals surface area contributed by atoms with Crippen LogP contribution in [0.25, 0.3) is 0 Å². The molecule has 0 bridgehead atoms. The minimum absolute atomic E-state index is 0.0550. The normalized spacial score (nSPS) is 14.2.